The van der Waals surface area contributed by atoms with Crippen LogP contribution in [-0.4, -0.2) is 5.01 Å². The largest absolute Gasteiger partial charge is 0.397 e. The molecule has 3 nitrogen and oxygen atoms in total. The normalized spacial score (nSPS) is 17.2. The summed E-state index contributed by atoms with van der Waals surface area (Å²) in [5.41, 5.74) is 8.97. The Hall–Kier alpha value is -2.16. The Labute approximate surface area is 88.4 Å². The zero-order chi connectivity index (χ0) is 10.3. The number of allylic oxidation sites excluding steroid dienone is 2. The second kappa shape index (κ2) is 2.92. The zero-order valence-electron chi connectivity index (χ0n) is 8.17. The summed E-state index contributed by atoms with van der Waals surface area (Å²) in [4.78, 5) is 0. The topological polar surface area (TPSA) is 32.5 Å². The van der Waals surface area contributed by atoms with Gasteiger partial charge in [0, 0.05) is 18.0 Å². The van der Waals surface area contributed by atoms with Crippen LogP contribution in [0.25, 0.3) is 5.70 Å². The third-order valence-corrected chi connectivity index (χ3v) is 2.56. The predicted molar refractivity (Wildman–Crippen MR) is 61.2 cm³/mol. The van der Waals surface area contributed by atoms with E-state index in [4.69, 9.17) is 5.73 Å². The van der Waals surface area contributed by atoms with E-state index < -0.39 is 0 Å². The maximum absolute atomic E-state index is 5.99. The van der Waals surface area contributed by atoms with E-state index >= 15 is 0 Å². The number of hydrogen-bond acceptors (Lipinski definition) is 3. The van der Waals surface area contributed by atoms with E-state index in [1.807, 2.05) is 54.0 Å². The molecule has 0 fully saturated rings. The van der Waals surface area contributed by atoms with E-state index in [1.165, 1.54) is 0 Å². The highest BCUT2D eigenvalue weighted by Crippen LogP contribution is 2.32. The summed E-state index contributed by atoms with van der Waals surface area (Å²) in [6.07, 6.45) is 9.89. The molecule has 2 N–H and O–H groups in total. The summed E-state index contributed by atoms with van der Waals surface area (Å²) in [6.45, 7) is 0. The molecular formula is C12H11N3. The fourth-order valence-corrected chi connectivity index (χ4v) is 1.86. The highest BCUT2D eigenvalue weighted by molar-refractivity contribution is 5.78. The molecule has 0 radical (unpaired) electrons. The van der Waals surface area contributed by atoms with Crippen molar-refractivity contribution in [3.63, 3.8) is 0 Å². The number of hydrazine groups is 1. The predicted octanol–water partition coefficient (Wildman–Crippen LogP) is 2.02. The molecule has 0 aromatic heterocycles. The van der Waals surface area contributed by atoms with Crippen LogP contribution < -0.4 is 10.7 Å². The van der Waals surface area contributed by atoms with Gasteiger partial charge < -0.3 is 5.73 Å². The average molecular weight is 197 g/mol. The van der Waals surface area contributed by atoms with Crippen molar-refractivity contribution >= 4 is 11.4 Å². The van der Waals surface area contributed by atoms with Gasteiger partial charge in [-0.25, -0.2) is 0 Å². The van der Waals surface area contributed by atoms with Gasteiger partial charge in [-0.05, 0) is 18.2 Å². The van der Waals surface area contributed by atoms with E-state index in [0.717, 1.165) is 16.9 Å². The molecule has 0 saturated heterocycles. The highest BCUT2D eigenvalue weighted by Gasteiger charge is 2.20. The minimum absolute atomic E-state index is 0.793. The highest BCUT2D eigenvalue weighted by atomic mass is 15.6. The molecule has 2 heterocycles. The molecule has 0 amide bonds. The van der Waals surface area contributed by atoms with Gasteiger partial charge >= 0.3 is 0 Å². The van der Waals surface area contributed by atoms with Crippen molar-refractivity contribution in [1.82, 2.24) is 5.01 Å². The molecular weight excluding hydrogens is 186 g/mol. The number of anilines is 1. The van der Waals surface area contributed by atoms with Gasteiger partial charge in [-0.15, -0.1) is 0 Å². The summed E-state index contributed by atoms with van der Waals surface area (Å²) < 4.78 is 0. The Bertz CT molecular complexity index is 485. The summed E-state index contributed by atoms with van der Waals surface area (Å²) in [5, 5.41) is 4.03. The minimum atomic E-state index is 0.793. The standard InChI is InChI=1S/C12H11N3/c13-11-9-14-7-3-4-8-15(14)12-6-2-1-5-10(11)12/h1-9H,13H2. The van der Waals surface area contributed by atoms with Gasteiger partial charge in [0.2, 0.25) is 0 Å². The fourth-order valence-electron chi connectivity index (χ4n) is 1.86. The first-order chi connectivity index (χ1) is 7.36. The Morgan fingerprint density at radius 1 is 1.00 bits per heavy atom. The molecule has 0 atom stereocenters. The lowest BCUT2D eigenvalue weighted by Crippen LogP contribution is -2.36. The number of para-hydroxylation sites is 1. The number of fused-ring (bicyclic) bond motifs is 3. The van der Waals surface area contributed by atoms with Gasteiger partial charge in [0.05, 0.1) is 17.6 Å². The monoisotopic (exact) mass is 197 g/mol. The maximum Gasteiger partial charge on any atom is 0.0722 e. The van der Waals surface area contributed by atoms with Crippen molar-refractivity contribution in [1.29, 1.82) is 0 Å². The molecule has 74 valence electrons. The Balaban J connectivity index is 2.20. The maximum atomic E-state index is 5.99. The van der Waals surface area contributed by atoms with Crippen LogP contribution in [0, 0.1) is 0 Å². The van der Waals surface area contributed by atoms with Gasteiger partial charge in [0.1, 0.15) is 0 Å². The van der Waals surface area contributed by atoms with E-state index in [0.29, 0.717) is 0 Å². The van der Waals surface area contributed by atoms with E-state index in [-0.39, 0.29) is 0 Å². The third kappa shape index (κ3) is 1.13. The second-order valence-corrected chi connectivity index (χ2v) is 3.51. The van der Waals surface area contributed by atoms with Gasteiger partial charge in [-0.1, -0.05) is 18.2 Å². The Kier molecular flexibility index (Phi) is 1.59. The lowest BCUT2D eigenvalue weighted by Gasteiger charge is -2.37. The molecule has 0 spiro atoms. The van der Waals surface area contributed by atoms with Gasteiger partial charge in [0.25, 0.3) is 0 Å². The summed E-state index contributed by atoms with van der Waals surface area (Å²) in [5.74, 6) is 0. The Morgan fingerprint density at radius 2 is 1.80 bits per heavy atom. The van der Waals surface area contributed by atoms with Crippen molar-refractivity contribution in [2.75, 3.05) is 5.01 Å². The summed E-state index contributed by atoms with van der Waals surface area (Å²) in [6, 6.07) is 8.11. The summed E-state index contributed by atoms with van der Waals surface area (Å²) >= 11 is 0. The van der Waals surface area contributed by atoms with Crippen LogP contribution >= 0.6 is 0 Å². The van der Waals surface area contributed by atoms with Crippen LogP contribution in [0.1, 0.15) is 5.56 Å². The molecule has 1 aromatic rings. The van der Waals surface area contributed by atoms with E-state index in [2.05, 4.69) is 11.1 Å². The molecule has 2 aliphatic heterocycles. The first-order valence-electron chi connectivity index (χ1n) is 4.85. The molecule has 1 aromatic carbocycles. The van der Waals surface area contributed by atoms with Crippen molar-refractivity contribution in [3.05, 3.63) is 60.6 Å². The van der Waals surface area contributed by atoms with Crippen molar-refractivity contribution < 1.29 is 0 Å². The van der Waals surface area contributed by atoms with Gasteiger partial charge in [-0.3, -0.25) is 10.0 Å². The minimum Gasteiger partial charge on any atom is -0.397 e. The van der Waals surface area contributed by atoms with E-state index in [9.17, 15) is 0 Å². The molecule has 0 saturated carbocycles. The SMILES string of the molecule is NC1=CN2C=CC=CN2c2ccccc21. The van der Waals surface area contributed by atoms with Crippen molar-refractivity contribution in [2.45, 2.75) is 0 Å². The van der Waals surface area contributed by atoms with E-state index in [1.54, 1.807) is 0 Å². The quantitative estimate of drug-likeness (QED) is 0.690. The lowest BCUT2D eigenvalue weighted by atomic mass is 10.1. The van der Waals surface area contributed by atoms with Gasteiger partial charge in [0.15, 0.2) is 0 Å². The number of rotatable bonds is 0. The molecule has 0 aliphatic carbocycles. The molecule has 0 bridgehead atoms. The van der Waals surface area contributed by atoms with Gasteiger partial charge in [-0.2, -0.15) is 0 Å². The van der Waals surface area contributed by atoms with Crippen LogP contribution in [0.2, 0.25) is 0 Å². The van der Waals surface area contributed by atoms with Crippen LogP contribution in [0.5, 0.6) is 0 Å². The van der Waals surface area contributed by atoms with Crippen LogP contribution in [0.4, 0.5) is 5.69 Å². The van der Waals surface area contributed by atoms with Crippen molar-refractivity contribution in [2.24, 2.45) is 5.73 Å². The zero-order valence-corrected chi connectivity index (χ0v) is 8.17. The van der Waals surface area contributed by atoms with Crippen LogP contribution in [-0.2, 0) is 0 Å². The smallest absolute Gasteiger partial charge is 0.0722 e. The molecule has 0 unspecified atom stereocenters. The lowest BCUT2D eigenvalue weighted by molar-refractivity contribution is 0.501. The molecule has 15 heavy (non-hydrogen) atoms. The van der Waals surface area contributed by atoms with Crippen LogP contribution in [0.15, 0.2) is 55.0 Å². The molecule has 2 aliphatic rings. The molecule has 3 rings (SSSR count). The first kappa shape index (κ1) is 8.17. The number of nitrogens with two attached hydrogens (primary N) is 1. The second-order valence-electron chi connectivity index (χ2n) is 3.51. The Morgan fingerprint density at radius 3 is 2.73 bits per heavy atom. The number of nitrogens with zero attached hydrogens (tertiary/aromatic N) is 2. The van der Waals surface area contributed by atoms with Crippen molar-refractivity contribution in [3.8, 4) is 0 Å². The average Bonchev–Trinajstić information content (AvgIpc) is 2.30. The first-order valence-corrected chi connectivity index (χ1v) is 4.85. The fraction of sp³-hybridized carbons (Fsp3) is 0. The number of benzene rings is 1. The third-order valence-electron chi connectivity index (χ3n) is 2.56. The molecule has 3 heteroatoms. The van der Waals surface area contributed by atoms with Crippen LogP contribution in [0.3, 0.4) is 0 Å². The summed E-state index contributed by atoms with van der Waals surface area (Å²) in [7, 11) is 0. The number of hydrogen-bond donors (Lipinski definition) is 1.